The molecule has 1 amide bonds. The molecule has 0 bridgehead atoms. The topological polar surface area (TPSA) is 67.9 Å². The molecule has 0 unspecified atom stereocenters. The third-order valence-corrected chi connectivity index (χ3v) is 5.03. The van der Waals surface area contributed by atoms with E-state index in [9.17, 15) is 9.59 Å². The Morgan fingerprint density at radius 2 is 2.00 bits per heavy atom. The molecule has 146 valence electrons. The van der Waals surface area contributed by atoms with Crippen molar-refractivity contribution >= 4 is 28.2 Å². The Hall–Kier alpha value is -1.44. The van der Waals surface area contributed by atoms with Gasteiger partial charge in [0.2, 0.25) is 5.91 Å². The number of esters is 1. The minimum Gasteiger partial charge on any atom is -0.462 e. The van der Waals surface area contributed by atoms with Crippen LogP contribution in [0.2, 0.25) is 0 Å². The van der Waals surface area contributed by atoms with E-state index in [1.807, 2.05) is 19.2 Å². The molecule has 2 atom stereocenters. The lowest BCUT2D eigenvalue weighted by molar-refractivity contribution is -0.121. The first-order valence-electron chi connectivity index (χ1n) is 9.25. The maximum atomic E-state index is 12.5. The van der Waals surface area contributed by atoms with E-state index in [2.05, 4.69) is 24.1 Å². The zero-order chi connectivity index (χ0) is 19.3. The monoisotopic (exact) mass is 382 g/mol. The van der Waals surface area contributed by atoms with Crippen molar-refractivity contribution in [2.24, 2.45) is 5.92 Å². The largest absolute Gasteiger partial charge is 0.462 e. The second kappa shape index (κ2) is 9.48. The van der Waals surface area contributed by atoms with Crippen LogP contribution in [0.3, 0.4) is 0 Å². The summed E-state index contributed by atoms with van der Waals surface area (Å²) in [4.78, 5) is 27.0. The minimum absolute atomic E-state index is 0.112. The van der Waals surface area contributed by atoms with Crippen molar-refractivity contribution in [2.75, 3.05) is 31.6 Å². The Kier molecular flexibility index (Phi) is 7.61. The van der Waals surface area contributed by atoms with Crippen molar-refractivity contribution in [3.63, 3.8) is 0 Å². The molecule has 2 rings (SSSR count). The number of carbonyl (C=O) groups excluding carboxylic acids is 2. The highest BCUT2D eigenvalue weighted by molar-refractivity contribution is 7.15. The maximum absolute atomic E-state index is 12.5. The van der Waals surface area contributed by atoms with E-state index >= 15 is 0 Å². The molecular weight excluding hydrogens is 352 g/mol. The Bertz CT molecular complexity index is 619. The summed E-state index contributed by atoms with van der Waals surface area (Å²) < 4.78 is 10.9. The van der Waals surface area contributed by atoms with Crippen LogP contribution in [0.25, 0.3) is 0 Å². The summed E-state index contributed by atoms with van der Waals surface area (Å²) in [6.45, 7) is 12.1. The fourth-order valence-electron chi connectivity index (χ4n) is 3.29. The van der Waals surface area contributed by atoms with Crippen LogP contribution in [0.1, 0.15) is 50.5 Å². The van der Waals surface area contributed by atoms with Crippen LogP contribution in [0.15, 0.2) is 5.38 Å². The summed E-state index contributed by atoms with van der Waals surface area (Å²) in [5, 5.41) is 5.44. The second-order valence-corrected chi connectivity index (χ2v) is 8.16. The van der Waals surface area contributed by atoms with Gasteiger partial charge in [-0.05, 0) is 44.1 Å². The number of thiophene rings is 1. The van der Waals surface area contributed by atoms with Crippen LogP contribution in [-0.4, -0.2) is 55.2 Å². The van der Waals surface area contributed by atoms with Crippen molar-refractivity contribution in [2.45, 2.75) is 53.2 Å². The number of carbonyl (C=O) groups is 2. The molecule has 0 spiro atoms. The van der Waals surface area contributed by atoms with Gasteiger partial charge in [-0.2, -0.15) is 0 Å². The molecule has 0 aliphatic carbocycles. The summed E-state index contributed by atoms with van der Waals surface area (Å²) >= 11 is 1.39. The summed E-state index contributed by atoms with van der Waals surface area (Å²) in [5.74, 6) is -0.0687. The fraction of sp³-hybridized carbons (Fsp3) is 0.684. The van der Waals surface area contributed by atoms with Gasteiger partial charge in [0.25, 0.3) is 0 Å². The van der Waals surface area contributed by atoms with Crippen LogP contribution in [0.5, 0.6) is 0 Å². The van der Waals surface area contributed by atoms with Crippen LogP contribution in [0, 0.1) is 5.92 Å². The SMILES string of the molecule is CCOC(=O)c1c(CC(C)C)csc1NC(=O)CN1C[C@@H](C)O[C@H](C)C1. The maximum Gasteiger partial charge on any atom is 0.341 e. The van der Waals surface area contributed by atoms with E-state index in [1.54, 1.807) is 6.92 Å². The van der Waals surface area contributed by atoms with Gasteiger partial charge >= 0.3 is 5.97 Å². The highest BCUT2D eigenvalue weighted by Crippen LogP contribution is 2.31. The van der Waals surface area contributed by atoms with E-state index in [-0.39, 0.29) is 30.6 Å². The first-order chi connectivity index (χ1) is 12.3. The molecule has 0 saturated carbocycles. The minimum atomic E-state index is -0.367. The summed E-state index contributed by atoms with van der Waals surface area (Å²) in [6, 6.07) is 0. The lowest BCUT2D eigenvalue weighted by Crippen LogP contribution is -2.48. The number of nitrogens with zero attached hydrogens (tertiary/aromatic N) is 1. The molecular formula is C19H30N2O4S. The number of anilines is 1. The van der Waals surface area contributed by atoms with Crippen LogP contribution in [0.4, 0.5) is 5.00 Å². The van der Waals surface area contributed by atoms with Crippen molar-refractivity contribution in [3.05, 3.63) is 16.5 Å². The molecule has 1 fully saturated rings. The lowest BCUT2D eigenvalue weighted by atomic mass is 10.0. The van der Waals surface area contributed by atoms with Gasteiger partial charge in [0.05, 0.1) is 30.9 Å². The number of rotatable bonds is 7. The third-order valence-electron chi connectivity index (χ3n) is 4.09. The van der Waals surface area contributed by atoms with Crippen molar-refractivity contribution in [3.8, 4) is 0 Å². The first-order valence-corrected chi connectivity index (χ1v) is 10.1. The normalized spacial score (nSPS) is 21.0. The number of hydrogen-bond acceptors (Lipinski definition) is 6. The molecule has 6 nitrogen and oxygen atoms in total. The average molecular weight is 383 g/mol. The zero-order valence-electron chi connectivity index (χ0n) is 16.3. The molecule has 1 aromatic rings. The van der Waals surface area contributed by atoms with Crippen molar-refractivity contribution in [1.29, 1.82) is 0 Å². The van der Waals surface area contributed by atoms with Crippen LogP contribution in [-0.2, 0) is 20.7 Å². The van der Waals surface area contributed by atoms with Gasteiger partial charge < -0.3 is 14.8 Å². The van der Waals surface area contributed by atoms with E-state index in [0.29, 0.717) is 23.1 Å². The molecule has 2 heterocycles. The quantitative estimate of drug-likeness (QED) is 0.734. The molecule has 1 aliphatic heterocycles. The Balaban J connectivity index is 2.08. The van der Waals surface area contributed by atoms with Gasteiger partial charge in [0, 0.05) is 13.1 Å². The number of morpholine rings is 1. The van der Waals surface area contributed by atoms with Gasteiger partial charge in [0.1, 0.15) is 5.00 Å². The summed E-state index contributed by atoms with van der Waals surface area (Å²) in [6.07, 6.45) is 1.00. The molecule has 1 saturated heterocycles. The molecule has 1 aliphatic rings. The smallest absolute Gasteiger partial charge is 0.341 e. The van der Waals surface area contributed by atoms with Crippen molar-refractivity contribution < 1.29 is 19.1 Å². The van der Waals surface area contributed by atoms with Gasteiger partial charge in [-0.25, -0.2) is 4.79 Å². The van der Waals surface area contributed by atoms with Crippen LogP contribution < -0.4 is 5.32 Å². The first kappa shape index (κ1) is 20.9. The average Bonchev–Trinajstić information content (AvgIpc) is 2.87. The highest BCUT2D eigenvalue weighted by Gasteiger charge is 2.26. The number of hydrogen-bond donors (Lipinski definition) is 1. The van der Waals surface area contributed by atoms with Gasteiger partial charge in [-0.15, -0.1) is 11.3 Å². The Labute approximate surface area is 159 Å². The third kappa shape index (κ3) is 5.79. The number of amides is 1. The van der Waals surface area contributed by atoms with Gasteiger partial charge in [-0.1, -0.05) is 13.8 Å². The van der Waals surface area contributed by atoms with E-state index in [1.165, 1.54) is 11.3 Å². The predicted molar refractivity (Wildman–Crippen MR) is 104 cm³/mol. The molecule has 0 aromatic carbocycles. The molecule has 0 radical (unpaired) electrons. The van der Waals surface area contributed by atoms with E-state index in [4.69, 9.17) is 9.47 Å². The van der Waals surface area contributed by atoms with E-state index in [0.717, 1.165) is 25.1 Å². The number of nitrogens with one attached hydrogen (secondary N) is 1. The summed E-state index contributed by atoms with van der Waals surface area (Å²) in [7, 11) is 0. The predicted octanol–water partition coefficient (Wildman–Crippen LogP) is 3.17. The molecule has 1 N–H and O–H groups in total. The highest BCUT2D eigenvalue weighted by atomic mass is 32.1. The Morgan fingerprint density at radius 1 is 1.35 bits per heavy atom. The summed E-state index contributed by atoms with van der Waals surface area (Å²) in [5.41, 5.74) is 1.44. The lowest BCUT2D eigenvalue weighted by Gasteiger charge is -2.34. The molecule has 7 heteroatoms. The zero-order valence-corrected chi connectivity index (χ0v) is 17.1. The fourth-order valence-corrected chi connectivity index (χ4v) is 4.26. The van der Waals surface area contributed by atoms with Crippen molar-refractivity contribution in [1.82, 2.24) is 4.90 Å². The van der Waals surface area contributed by atoms with E-state index < -0.39 is 0 Å². The van der Waals surface area contributed by atoms with Gasteiger partial charge in [0.15, 0.2) is 0 Å². The molecule has 1 aromatic heterocycles. The van der Waals surface area contributed by atoms with Gasteiger partial charge in [-0.3, -0.25) is 9.69 Å². The molecule has 26 heavy (non-hydrogen) atoms. The second-order valence-electron chi connectivity index (χ2n) is 7.28. The van der Waals surface area contributed by atoms with Crippen LogP contribution >= 0.6 is 11.3 Å². The Morgan fingerprint density at radius 3 is 2.58 bits per heavy atom. The standard InChI is InChI=1S/C19H30N2O4S/c1-6-24-19(23)17-15(7-12(2)3)11-26-18(17)20-16(22)10-21-8-13(4)25-14(5)9-21/h11-14H,6-10H2,1-5H3,(H,20,22)/t13-,14-/m1/s1. The number of ether oxygens (including phenoxy) is 2.